The minimum atomic E-state index is -3.50. The van der Waals surface area contributed by atoms with Gasteiger partial charge in [0.15, 0.2) is 0 Å². The summed E-state index contributed by atoms with van der Waals surface area (Å²) in [4.78, 5) is 0.276. The second-order valence-electron chi connectivity index (χ2n) is 5.83. The number of hydrogen-bond donors (Lipinski definition) is 2. The molecule has 0 amide bonds. The van der Waals surface area contributed by atoms with Gasteiger partial charge in [-0.3, -0.25) is 0 Å². The van der Waals surface area contributed by atoms with Crippen LogP contribution in [0, 0.1) is 5.92 Å². The molecule has 3 N–H and O–H groups in total. The zero-order valence-corrected chi connectivity index (χ0v) is 15.2. The van der Waals surface area contributed by atoms with Crippen molar-refractivity contribution >= 4 is 22.4 Å². The Morgan fingerprint density at radius 1 is 1.22 bits per heavy atom. The van der Waals surface area contributed by atoms with E-state index >= 15 is 0 Å². The Kier molecular flexibility index (Phi) is 8.33. The molecule has 5 nitrogen and oxygen atoms in total. The Morgan fingerprint density at radius 2 is 1.87 bits per heavy atom. The summed E-state index contributed by atoms with van der Waals surface area (Å²) in [5, 5.41) is 0. The van der Waals surface area contributed by atoms with E-state index in [1.54, 1.807) is 24.3 Å². The topological polar surface area (TPSA) is 81.4 Å². The summed E-state index contributed by atoms with van der Waals surface area (Å²) in [5.41, 5.74) is 5.77. The first-order valence-corrected chi connectivity index (χ1v) is 9.50. The first-order chi connectivity index (χ1) is 10.6. The van der Waals surface area contributed by atoms with Gasteiger partial charge in [0.25, 0.3) is 0 Å². The van der Waals surface area contributed by atoms with Crippen LogP contribution in [0.25, 0.3) is 0 Å². The van der Waals surface area contributed by atoms with Crippen molar-refractivity contribution in [2.24, 2.45) is 11.7 Å². The second-order valence-corrected chi connectivity index (χ2v) is 7.54. The number of benzene rings is 1. The van der Waals surface area contributed by atoms with Gasteiger partial charge >= 0.3 is 0 Å². The van der Waals surface area contributed by atoms with Crippen LogP contribution >= 0.6 is 12.4 Å². The zero-order valence-electron chi connectivity index (χ0n) is 13.5. The SMILES string of the molecule is CCCOc1ccc(S(=O)(=O)NC2CCCCC2CN)cc1.Cl. The van der Waals surface area contributed by atoms with Gasteiger partial charge in [-0.2, -0.15) is 0 Å². The maximum atomic E-state index is 12.5. The molecule has 1 aromatic rings. The molecule has 1 saturated carbocycles. The molecule has 132 valence electrons. The molecule has 7 heteroatoms. The Balaban J connectivity index is 0.00000264. The van der Waals surface area contributed by atoms with E-state index in [4.69, 9.17) is 10.5 Å². The van der Waals surface area contributed by atoms with Crippen molar-refractivity contribution in [3.8, 4) is 5.75 Å². The number of sulfonamides is 1. The molecular formula is C16H27ClN2O3S. The fraction of sp³-hybridized carbons (Fsp3) is 0.625. The lowest BCUT2D eigenvalue weighted by Gasteiger charge is -2.31. The maximum absolute atomic E-state index is 12.5. The predicted molar refractivity (Wildman–Crippen MR) is 94.6 cm³/mol. The number of halogens is 1. The number of nitrogens with one attached hydrogen (secondary N) is 1. The average molecular weight is 363 g/mol. The predicted octanol–water partition coefficient (Wildman–Crippen LogP) is 2.69. The smallest absolute Gasteiger partial charge is 0.240 e. The molecule has 0 saturated heterocycles. The molecule has 2 rings (SSSR count). The standard InChI is InChI=1S/C16H26N2O3S.ClH/c1-2-11-21-14-7-9-15(10-8-14)22(19,20)18-16-6-4-3-5-13(16)12-17;/h7-10,13,16,18H,2-6,11-12,17H2,1H3;1H. The van der Waals surface area contributed by atoms with Crippen molar-refractivity contribution in [1.29, 1.82) is 0 Å². The molecule has 1 fully saturated rings. The van der Waals surface area contributed by atoms with Crippen LogP contribution in [-0.2, 0) is 10.0 Å². The Bertz CT molecular complexity index is 563. The van der Waals surface area contributed by atoms with Crippen molar-refractivity contribution in [3.63, 3.8) is 0 Å². The minimum absolute atomic E-state index is 0. The average Bonchev–Trinajstić information content (AvgIpc) is 2.53. The zero-order chi connectivity index (χ0) is 16.0. The molecule has 0 heterocycles. The summed E-state index contributed by atoms with van der Waals surface area (Å²) in [6.07, 6.45) is 4.95. The van der Waals surface area contributed by atoms with E-state index in [-0.39, 0.29) is 29.3 Å². The van der Waals surface area contributed by atoms with Crippen LogP contribution in [0.5, 0.6) is 5.75 Å². The highest BCUT2D eigenvalue weighted by molar-refractivity contribution is 7.89. The van der Waals surface area contributed by atoms with Crippen LogP contribution in [0.15, 0.2) is 29.2 Å². The minimum Gasteiger partial charge on any atom is -0.494 e. The lowest BCUT2D eigenvalue weighted by Crippen LogP contribution is -2.44. The van der Waals surface area contributed by atoms with Gasteiger partial charge in [0.05, 0.1) is 11.5 Å². The van der Waals surface area contributed by atoms with Crippen molar-refractivity contribution in [1.82, 2.24) is 4.72 Å². The normalized spacial score (nSPS) is 21.5. The lowest BCUT2D eigenvalue weighted by molar-refractivity contribution is 0.296. The van der Waals surface area contributed by atoms with Crippen molar-refractivity contribution < 1.29 is 13.2 Å². The van der Waals surface area contributed by atoms with Gasteiger partial charge in [0.1, 0.15) is 5.75 Å². The molecular weight excluding hydrogens is 336 g/mol. The maximum Gasteiger partial charge on any atom is 0.240 e. The van der Waals surface area contributed by atoms with E-state index in [2.05, 4.69) is 4.72 Å². The highest BCUT2D eigenvalue weighted by Gasteiger charge is 2.28. The Morgan fingerprint density at radius 3 is 2.48 bits per heavy atom. The summed E-state index contributed by atoms with van der Waals surface area (Å²) in [6, 6.07) is 6.53. The van der Waals surface area contributed by atoms with Gasteiger partial charge in [-0.05, 0) is 56.0 Å². The van der Waals surface area contributed by atoms with E-state index in [1.165, 1.54) is 0 Å². The first kappa shape index (κ1) is 20.2. The van der Waals surface area contributed by atoms with Crippen LogP contribution in [-0.4, -0.2) is 27.6 Å². The molecule has 1 aliphatic carbocycles. The molecule has 1 aliphatic rings. The van der Waals surface area contributed by atoms with Crippen molar-refractivity contribution in [3.05, 3.63) is 24.3 Å². The van der Waals surface area contributed by atoms with Gasteiger partial charge in [0.2, 0.25) is 10.0 Å². The van der Waals surface area contributed by atoms with Crippen molar-refractivity contribution in [2.75, 3.05) is 13.2 Å². The summed E-state index contributed by atoms with van der Waals surface area (Å²) < 4.78 is 33.3. The molecule has 2 unspecified atom stereocenters. The number of nitrogens with two attached hydrogens (primary N) is 1. The molecule has 0 spiro atoms. The van der Waals surface area contributed by atoms with E-state index in [0.29, 0.717) is 18.9 Å². The van der Waals surface area contributed by atoms with Crippen molar-refractivity contribution in [2.45, 2.75) is 50.0 Å². The van der Waals surface area contributed by atoms with Crippen LogP contribution in [0.3, 0.4) is 0 Å². The lowest BCUT2D eigenvalue weighted by atomic mass is 9.85. The highest BCUT2D eigenvalue weighted by Crippen LogP contribution is 2.25. The third kappa shape index (κ3) is 5.64. The molecule has 0 aliphatic heterocycles. The van der Waals surface area contributed by atoms with E-state index in [9.17, 15) is 8.42 Å². The van der Waals surface area contributed by atoms with Gasteiger partial charge < -0.3 is 10.5 Å². The van der Waals surface area contributed by atoms with E-state index in [1.807, 2.05) is 6.92 Å². The molecule has 1 aromatic carbocycles. The van der Waals surface area contributed by atoms with Crippen LogP contribution < -0.4 is 15.2 Å². The molecule has 23 heavy (non-hydrogen) atoms. The fourth-order valence-corrected chi connectivity index (χ4v) is 4.19. The summed E-state index contributed by atoms with van der Waals surface area (Å²) >= 11 is 0. The third-order valence-electron chi connectivity index (χ3n) is 4.13. The Hall–Kier alpha value is -0.820. The number of rotatable bonds is 7. The Labute approximate surface area is 145 Å². The quantitative estimate of drug-likeness (QED) is 0.781. The van der Waals surface area contributed by atoms with Gasteiger partial charge in [-0.25, -0.2) is 13.1 Å². The van der Waals surface area contributed by atoms with Crippen LogP contribution in [0.2, 0.25) is 0 Å². The number of ether oxygens (including phenoxy) is 1. The first-order valence-electron chi connectivity index (χ1n) is 8.02. The fourth-order valence-electron chi connectivity index (χ4n) is 2.85. The molecule has 0 radical (unpaired) electrons. The van der Waals surface area contributed by atoms with Gasteiger partial charge in [-0.1, -0.05) is 19.8 Å². The van der Waals surface area contributed by atoms with Crippen LogP contribution in [0.1, 0.15) is 39.0 Å². The summed E-state index contributed by atoms with van der Waals surface area (Å²) in [5.74, 6) is 0.925. The highest BCUT2D eigenvalue weighted by atomic mass is 35.5. The van der Waals surface area contributed by atoms with E-state index < -0.39 is 10.0 Å². The second kappa shape index (κ2) is 9.47. The van der Waals surface area contributed by atoms with Gasteiger partial charge in [0, 0.05) is 6.04 Å². The van der Waals surface area contributed by atoms with E-state index in [0.717, 1.165) is 32.1 Å². The largest absolute Gasteiger partial charge is 0.494 e. The van der Waals surface area contributed by atoms with Gasteiger partial charge in [-0.15, -0.1) is 12.4 Å². The van der Waals surface area contributed by atoms with Crippen LogP contribution in [0.4, 0.5) is 0 Å². The number of hydrogen-bond acceptors (Lipinski definition) is 4. The molecule has 2 atom stereocenters. The monoisotopic (exact) mass is 362 g/mol. The molecule has 0 bridgehead atoms. The molecule has 0 aromatic heterocycles. The summed E-state index contributed by atoms with van der Waals surface area (Å²) in [6.45, 7) is 3.18. The third-order valence-corrected chi connectivity index (χ3v) is 5.63. The summed E-state index contributed by atoms with van der Waals surface area (Å²) in [7, 11) is -3.50.